The maximum atomic E-state index is 6.38. The lowest BCUT2D eigenvalue weighted by molar-refractivity contribution is -0.120. The van der Waals surface area contributed by atoms with Gasteiger partial charge in [0.15, 0.2) is 0 Å². The molecule has 2 rings (SSSR count). The first-order chi connectivity index (χ1) is 8.77. The quantitative estimate of drug-likeness (QED) is 0.861. The first-order valence-electron chi connectivity index (χ1n) is 6.64. The molecule has 1 atom stereocenters. The highest BCUT2D eigenvalue weighted by Crippen LogP contribution is 2.29. The number of hydrogen-bond donors (Lipinski definition) is 1. The number of hydrogen-bond acceptors (Lipinski definition) is 4. The molecule has 1 aromatic rings. The van der Waals surface area contributed by atoms with E-state index in [2.05, 4.69) is 4.98 Å². The van der Waals surface area contributed by atoms with Crippen molar-refractivity contribution in [3.05, 3.63) is 30.1 Å². The summed E-state index contributed by atoms with van der Waals surface area (Å²) in [5, 5.41) is 0. The van der Waals surface area contributed by atoms with Gasteiger partial charge in [0.05, 0.1) is 5.60 Å². The van der Waals surface area contributed by atoms with Crippen LogP contribution in [0.2, 0.25) is 0 Å². The molecular weight excluding hydrogens is 228 g/mol. The molecule has 0 aliphatic carbocycles. The number of rotatable bonds is 5. The minimum Gasteiger partial charge on any atom is -0.381 e. The van der Waals surface area contributed by atoms with E-state index < -0.39 is 0 Å². The number of aromatic nitrogens is 1. The molecule has 2 N–H and O–H groups in total. The van der Waals surface area contributed by atoms with Crippen LogP contribution in [0.1, 0.15) is 25.5 Å². The molecule has 0 aromatic carbocycles. The summed E-state index contributed by atoms with van der Waals surface area (Å²) in [6.45, 7) is 4.17. The molecule has 18 heavy (non-hydrogen) atoms. The minimum absolute atomic E-state index is 0.0313. The van der Waals surface area contributed by atoms with Crippen molar-refractivity contribution in [2.45, 2.75) is 37.8 Å². The van der Waals surface area contributed by atoms with E-state index in [1.54, 1.807) is 6.20 Å². The van der Waals surface area contributed by atoms with Gasteiger partial charge in [0.2, 0.25) is 0 Å². The number of nitrogens with two attached hydrogens (primary N) is 1. The van der Waals surface area contributed by atoms with Crippen LogP contribution < -0.4 is 5.73 Å². The molecule has 1 fully saturated rings. The van der Waals surface area contributed by atoms with Gasteiger partial charge in [-0.2, -0.15) is 0 Å². The Morgan fingerprint density at radius 1 is 1.44 bits per heavy atom. The topological polar surface area (TPSA) is 57.4 Å². The molecule has 4 nitrogen and oxygen atoms in total. The Labute approximate surface area is 108 Å². The van der Waals surface area contributed by atoms with Crippen LogP contribution in [0.15, 0.2) is 24.4 Å². The van der Waals surface area contributed by atoms with Crippen LogP contribution in [0.5, 0.6) is 0 Å². The number of pyridine rings is 1. The van der Waals surface area contributed by atoms with Gasteiger partial charge in [-0.25, -0.2) is 0 Å². The predicted octanol–water partition coefficient (Wildman–Crippen LogP) is 1.54. The lowest BCUT2D eigenvalue weighted by Crippen LogP contribution is -2.54. The zero-order chi connectivity index (χ0) is 12.8. The largest absolute Gasteiger partial charge is 0.381 e. The van der Waals surface area contributed by atoms with Crippen molar-refractivity contribution in [2.75, 3.05) is 19.8 Å². The molecule has 1 aliphatic heterocycles. The highest BCUT2D eigenvalue weighted by molar-refractivity contribution is 5.08. The third-order valence-corrected chi connectivity index (χ3v) is 3.60. The number of nitrogens with zero attached hydrogens (tertiary/aromatic N) is 1. The maximum Gasteiger partial charge on any atom is 0.0880 e. The van der Waals surface area contributed by atoms with Gasteiger partial charge in [-0.05, 0) is 19.1 Å². The average Bonchev–Trinajstić information content (AvgIpc) is 2.41. The molecule has 2 heterocycles. The molecule has 0 saturated carbocycles. The van der Waals surface area contributed by atoms with E-state index in [0.29, 0.717) is 6.61 Å². The molecule has 0 radical (unpaired) electrons. The highest BCUT2D eigenvalue weighted by Gasteiger charge is 2.39. The van der Waals surface area contributed by atoms with Crippen LogP contribution in [0.25, 0.3) is 0 Å². The lowest BCUT2D eigenvalue weighted by atomic mass is 9.84. The highest BCUT2D eigenvalue weighted by atomic mass is 16.5. The van der Waals surface area contributed by atoms with Crippen molar-refractivity contribution in [2.24, 2.45) is 5.73 Å². The molecule has 4 heteroatoms. The van der Waals surface area contributed by atoms with E-state index in [1.807, 2.05) is 25.1 Å². The summed E-state index contributed by atoms with van der Waals surface area (Å²) in [7, 11) is 0. The van der Waals surface area contributed by atoms with Crippen molar-refractivity contribution in [3.8, 4) is 0 Å². The van der Waals surface area contributed by atoms with E-state index in [0.717, 1.165) is 38.2 Å². The lowest BCUT2D eigenvalue weighted by Gasteiger charge is -2.41. The summed E-state index contributed by atoms with van der Waals surface area (Å²) >= 11 is 0. The summed E-state index contributed by atoms with van der Waals surface area (Å²) < 4.78 is 11.4. The van der Waals surface area contributed by atoms with Crippen LogP contribution in [-0.2, 0) is 15.9 Å². The molecule has 1 aromatic heterocycles. The fourth-order valence-electron chi connectivity index (χ4n) is 2.56. The van der Waals surface area contributed by atoms with E-state index in [1.165, 1.54) is 0 Å². The summed E-state index contributed by atoms with van der Waals surface area (Å²) in [6.07, 6.45) is 4.30. The molecule has 0 amide bonds. The normalized spacial score (nSPS) is 20.6. The molecule has 1 unspecified atom stereocenters. The van der Waals surface area contributed by atoms with Crippen LogP contribution in [0, 0.1) is 0 Å². The Morgan fingerprint density at radius 2 is 2.22 bits per heavy atom. The SMILES string of the molecule is CCOC1(C(N)Cc2ccccn2)CCOCC1. The second kappa shape index (κ2) is 6.27. The summed E-state index contributed by atoms with van der Waals surface area (Å²) in [5.74, 6) is 0. The third-order valence-electron chi connectivity index (χ3n) is 3.60. The van der Waals surface area contributed by atoms with Gasteiger partial charge in [-0.15, -0.1) is 0 Å². The van der Waals surface area contributed by atoms with Gasteiger partial charge in [-0.1, -0.05) is 6.07 Å². The van der Waals surface area contributed by atoms with Crippen molar-refractivity contribution in [1.82, 2.24) is 4.98 Å². The fraction of sp³-hybridized carbons (Fsp3) is 0.643. The first-order valence-corrected chi connectivity index (χ1v) is 6.64. The Morgan fingerprint density at radius 3 is 2.83 bits per heavy atom. The van der Waals surface area contributed by atoms with Gasteiger partial charge in [-0.3, -0.25) is 4.98 Å². The van der Waals surface area contributed by atoms with Gasteiger partial charge in [0.25, 0.3) is 0 Å². The molecule has 0 bridgehead atoms. The fourth-order valence-corrected chi connectivity index (χ4v) is 2.56. The molecule has 0 spiro atoms. The third kappa shape index (κ3) is 3.07. The van der Waals surface area contributed by atoms with E-state index in [-0.39, 0.29) is 11.6 Å². The molecule has 1 aliphatic rings. The van der Waals surface area contributed by atoms with Crippen molar-refractivity contribution < 1.29 is 9.47 Å². The Kier molecular flexibility index (Phi) is 4.69. The predicted molar refractivity (Wildman–Crippen MR) is 70.3 cm³/mol. The molecule has 1 saturated heterocycles. The van der Waals surface area contributed by atoms with Crippen molar-refractivity contribution in [3.63, 3.8) is 0 Å². The van der Waals surface area contributed by atoms with Crippen LogP contribution in [-0.4, -0.2) is 36.4 Å². The Hall–Kier alpha value is -0.970. The van der Waals surface area contributed by atoms with Gasteiger partial charge in [0, 0.05) is 57.0 Å². The zero-order valence-corrected chi connectivity index (χ0v) is 11.0. The molecule has 100 valence electrons. The van der Waals surface area contributed by atoms with Crippen LogP contribution >= 0.6 is 0 Å². The second-order valence-corrected chi connectivity index (χ2v) is 4.74. The standard InChI is InChI=1S/C14H22N2O2/c1-2-18-14(6-9-17-10-7-14)13(15)11-12-5-3-4-8-16-12/h3-5,8,13H,2,6-7,9-11,15H2,1H3. The monoisotopic (exact) mass is 250 g/mol. The molecular formula is C14H22N2O2. The van der Waals surface area contributed by atoms with E-state index in [9.17, 15) is 0 Å². The maximum absolute atomic E-state index is 6.38. The zero-order valence-electron chi connectivity index (χ0n) is 11.0. The summed E-state index contributed by atoms with van der Waals surface area (Å²) in [4.78, 5) is 4.34. The number of ether oxygens (including phenoxy) is 2. The van der Waals surface area contributed by atoms with Crippen LogP contribution in [0.4, 0.5) is 0 Å². The first kappa shape index (κ1) is 13.5. The van der Waals surface area contributed by atoms with E-state index >= 15 is 0 Å². The smallest absolute Gasteiger partial charge is 0.0880 e. The Bertz CT molecular complexity index is 345. The van der Waals surface area contributed by atoms with E-state index in [4.69, 9.17) is 15.2 Å². The summed E-state index contributed by atoms with van der Waals surface area (Å²) in [5.41, 5.74) is 7.16. The Balaban J connectivity index is 2.05. The summed E-state index contributed by atoms with van der Waals surface area (Å²) in [6, 6.07) is 5.89. The van der Waals surface area contributed by atoms with Crippen molar-refractivity contribution >= 4 is 0 Å². The minimum atomic E-state index is -0.246. The van der Waals surface area contributed by atoms with Gasteiger partial charge < -0.3 is 15.2 Å². The van der Waals surface area contributed by atoms with Crippen LogP contribution in [0.3, 0.4) is 0 Å². The van der Waals surface area contributed by atoms with Crippen molar-refractivity contribution in [1.29, 1.82) is 0 Å². The van der Waals surface area contributed by atoms with Gasteiger partial charge >= 0.3 is 0 Å². The van der Waals surface area contributed by atoms with Gasteiger partial charge in [0.1, 0.15) is 0 Å². The average molecular weight is 250 g/mol. The second-order valence-electron chi connectivity index (χ2n) is 4.74.